The zero-order valence-electron chi connectivity index (χ0n) is 32.7. The number of benzene rings is 3. The first kappa shape index (κ1) is 43.7. The largest absolute Gasteiger partial charge is 0.494 e. The first-order chi connectivity index (χ1) is 30.2. The van der Waals surface area contributed by atoms with Crippen molar-refractivity contribution in [1.29, 1.82) is 0 Å². The second-order valence-electron chi connectivity index (χ2n) is 11.8. The minimum atomic E-state index is 0.294. The lowest BCUT2D eigenvalue weighted by molar-refractivity contribution is 0.304. The standard InChI is InChI=1S/C33H36N24O4/c1-3-4-5-6-7-8-9-10-23-58-28-19-15-26(16-20-28)32-37-35-30(59-32)24-11-13-25(14-12-24)31-36-38-33(60-31)27-17-21-29(22-18-27)61-57-56-55-54-53-52-51-50-49-48-47-46-45-44-43-42-41-40-39-34-2/h11-22H,3-10,23H2,1-2H3. The summed E-state index contributed by atoms with van der Waals surface area (Å²) >= 11 is 0. The number of nitrogens with zero attached hydrogens (tertiary/aromatic N) is 24. The molecule has 0 fully saturated rings. The SMILES string of the molecule is CCCCCCCCCCOc1ccc(-c2nnc(-c3ccc(-c4nnc(-c5ccc(ON=NN=NN=NN=NN=NN=NN=NN=NN=NN=NC)cc5)o4)cc3)o2)cc1. The summed E-state index contributed by atoms with van der Waals surface area (Å²) in [5, 5.41) is 79.7. The summed E-state index contributed by atoms with van der Waals surface area (Å²) < 4.78 is 17.8. The molecule has 0 radical (unpaired) electrons. The second kappa shape index (κ2) is 26.5. The molecule has 2 aromatic heterocycles. The van der Waals surface area contributed by atoms with E-state index in [1.54, 1.807) is 24.3 Å². The first-order valence-electron chi connectivity index (χ1n) is 18.4. The molecule has 28 heteroatoms. The molecule has 0 spiro atoms. The zero-order chi connectivity index (χ0) is 42.4. The van der Waals surface area contributed by atoms with E-state index in [1.807, 2.05) is 48.5 Å². The summed E-state index contributed by atoms with van der Waals surface area (Å²) in [6.45, 7) is 2.94. The number of ether oxygens (including phenoxy) is 1. The molecular formula is C33H36N24O4. The van der Waals surface area contributed by atoms with Crippen LogP contribution in [0.3, 0.4) is 0 Å². The van der Waals surface area contributed by atoms with Crippen molar-refractivity contribution in [2.24, 2.45) is 104 Å². The molecule has 0 bridgehead atoms. The molecule has 312 valence electrons. The van der Waals surface area contributed by atoms with Gasteiger partial charge < -0.3 is 18.4 Å². The van der Waals surface area contributed by atoms with Crippen molar-refractivity contribution in [3.63, 3.8) is 0 Å². The van der Waals surface area contributed by atoms with Crippen LogP contribution in [0, 0.1) is 0 Å². The van der Waals surface area contributed by atoms with E-state index in [0.29, 0.717) is 47.0 Å². The average Bonchev–Trinajstić information content (AvgIpc) is 4.00. The Morgan fingerprint density at radius 3 is 1.11 bits per heavy atom. The van der Waals surface area contributed by atoms with E-state index in [1.165, 1.54) is 52.0 Å². The third-order valence-corrected chi connectivity index (χ3v) is 7.65. The number of hydrogen-bond acceptors (Lipinski definition) is 10. The highest BCUT2D eigenvalue weighted by atomic mass is 16.6. The van der Waals surface area contributed by atoms with Crippen LogP contribution >= 0.6 is 0 Å². The van der Waals surface area contributed by atoms with E-state index >= 15 is 0 Å². The van der Waals surface area contributed by atoms with E-state index in [2.05, 4.69) is 132 Å². The summed E-state index contributed by atoms with van der Waals surface area (Å²) in [7, 11) is 1.40. The Morgan fingerprint density at radius 2 is 0.721 bits per heavy atom. The minimum absolute atomic E-state index is 0.294. The summed E-state index contributed by atoms with van der Waals surface area (Å²) in [4.78, 5) is 5.13. The summed E-state index contributed by atoms with van der Waals surface area (Å²) in [5.41, 5.74) is 2.88. The molecule has 2 heterocycles. The molecule has 0 aliphatic carbocycles. The molecule has 0 unspecified atom stereocenters. The van der Waals surface area contributed by atoms with Crippen LogP contribution in [-0.2, 0) is 0 Å². The van der Waals surface area contributed by atoms with Gasteiger partial charge in [0.25, 0.3) is 0 Å². The van der Waals surface area contributed by atoms with Crippen LogP contribution in [0.4, 0.5) is 0 Å². The topological polar surface area (TPSA) is 344 Å². The van der Waals surface area contributed by atoms with Crippen molar-refractivity contribution < 1.29 is 18.4 Å². The van der Waals surface area contributed by atoms with Gasteiger partial charge in [-0.05, 0) is 121 Å². The van der Waals surface area contributed by atoms with E-state index < -0.39 is 0 Å². The third kappa shape index (κ3) is 16.1. The number of hydrogen-bond donors (Lipinski definition) is 0. The van der Waals surface area contributed by atoms with Gasteiger partial charge in [-0.25, -0.2) is 0 Å². The third-order valence-electron chi connectivity index (χ3n) is 7.65. The van der Waals surface area contributed by atoms with Crippen molar-refractivity contribution in [1.82, 2.24) is 20.4 Å². The van der Waals surface area contributed by atoms with Crippen molar-refractivity contribution in [2.45, 2.75) is 58.3 Å². The zero-order valence-corrected chi connectivity index (χ0v) is 32.7. The lowest BCUT2D eigenvalue weighted by Gasteiger charge is -2.06. The Bertz CT molecular complexity index is 2330. The molecule has 61 heavy (non-hydrogen) atoms. The maximum atomic E-state index is 5.97. The number of unbranched alkanes of at least 4 members (excludes halogenated alkanes) is 7. The molecule has 28 nitrogen and oxygen atoms in total. The van der Waals surface area contributed by atoms with Crippen molar-refractivity contribution in [2.75, 3.05) is 13.7 Å². The quantitative estimate of drug-likeness (QED) is 0.0308. The molecule has 5 rings (SSSR count). The highest BCUT2D eigenvalue weighted by Crippen LogP contribution is 2.29. The molecule has 0 amide bonds. The molecule has 0 N–H and O–H groups in total. The molecule has 5 aromatic rings. The van der Waals surface area contributed by atoms with Gasteiger partial charge in [-0.1, -0.05) is 51.9 Å². The van der Waals surface area contributed by atoms with Crippen LogP contribution in [0.5, 0.6) is 11.5 Å². The van der Waals surface area contributed by atoms with Gasteiger partial charge >= 0.3 is 0 Å². The molecule has 0 saturated heterocycles. The van der Waals surface area contributed by atoms with Crippen LogP contribution in [-0.4, -0.2) is 34.0 Å². The highest BCUT2D eigenvalue weighted by Gasteiger charge is 2.14. The van der Waals surface area contributed by atoms with Crippen LogP contribution in [0.15, 0.2) is 186 Å². The van der Waals surface area contributed by atoms with Crippen LogP contribution in [0.2, 0.25) is 0 Å². The Kier molecular flexibility index (Phi) is 18.9. The summed E-state index contributed by atoms with van der Waals surface area (Å²) in [6.07, 6.45) is 10.1. The fourth-order valence-electron chi connectivity index (χ4n) is 4.85. The minimum Gasteiger partial charge on any atom is -0.494 e. The lowest BCUT2D eigenvalue weighted by Crippen LogP contribution is -1.97. The lowest BCUT2D eigenvalue weighted by atomic mass is 10.1. The Labute approximate surface area is 344 Å². The highest BCUT2D eigenvalue weighted by molar-refractivity contribution is 5.64. The Morgan fingerprint density at radius 1 is 0.393 bits per heavy atom. The van der Waals surface area contributed by atoms with E-state index in [9.17, 15) is 0 Å². The van der Waals surface area contributed by atoms with Gasteiger partial charge in [0.1, 0.15) is 5.75 Å². The van der Waals surface area contributed by atoms with Crippen molar-refractivity contribution in [3.8, 4) is 57.3 Å². The Balaban J connectivity index is 1.00. The maximum Gasteiger partial charge on any atom is 0.248 e. The van der Waals surface area contributed by atoms with E-state index in [0.717, 1.165) is 23.3 Å². The van der Waals surface area contributed by atoms with Crippen LogP contribution in [0.25, 0.3) is 45.8 Å². The van der Waals surface area contributed by atoms with Gasteiger partial charge in [-0.2, -0.15) is 5.11 Å². The van der Waals surface area contributed by atoms with Crippen molar-refractivity contribution in [3.05, 3.63) is 72.8 Å². The monoisotopic (exact) mass is 832 g/mol. The van der Waals surface area contributed by atoms with Gasteiger partial charge in [-0.15, -0.1) is 20.4 Å². The van der Waals surface area contributed by atoms with Gasteiger partial charge in [0.15, 0.2) is 5.75 Å². The molecule has 3 aromatic carbocycles. The molecule has 0 aliphatic rings. The van der Waals surface area contributed by atoms with Gasteiger partial charge in [0, 0.05) is 74.5 Å². The van der Waals surface area contributed by atoms with E-state index in [4.69, 9.17) is 18.4 Å². The first-order valence-corrected chi connectivity index (χ1v) is 18.4. The molecule has 0 saturated carbocycles. The predicted molar refractivity (Wildman–Crippen MR) is 207 cm³/mol. The van der Waals surface area contributed by atoms with E-state index in [-0.39, 0.29) is 0 Å². The normalized spacial score (nSPS) is 12.7. The molecule has 0 aliphatic heterocycles. The summed E-state index contributed by atoms with van der Waals surface area (Å²) in [5.74, 6) is 2.56. The molecular weight excluding hydrogens is 797 g/mol. The second-order valence-corrected chi connectivity index (χ2v) is 11.8. The van der Waals surface area contributed by atoms with Crippen LogP contribution < -0.4 is 9.57 Å². The van der Waals surface area contributed by atoms with Gasteiger partial charge in [0.05, 0.1) is 18.9 Å². The number of rotatable bonds is 25. The maximum absolute atomic E-state index is 5.97. The predicted octanol–water partition coefficient (Wildman–Crippen LogP) is 12.3. The van der Waals surface area contributed by atoms with Crippen molar-refractivity contribution >= 4 is 0 Å². The fourth-order valence-corrected chi connectivity index (χ4v) is 4.85. The number of aromatic nitrogens is 4. The van der Waals surface area contributed by atoms with Crippen LogP contribution in [0.1, 0.15) is 58.3 Å². The average molecular weight is 833 g/mol. The van der Waals surface area contributed by atoms with Gasteiger partial charge in [0.2, 0.25) is 23.6 Å². The molecule has 0 atom stereocenters. The Hall–Kier alpha value is -8.46. The summed E-state index contributed by atoms with van der Waals surface area (Å²) in [6, 6.07) is 21.6. The smallest absolute Gasteiger partial charge is 0.248 e. The van der Waals surface area contributed by atoms with Gasteiger partial charge in [-0.3, -0.25) is 0 Å². The fraction of sp³-hybridized carbons (Fsp3) is 0.333.